The van der Waals surface area contributed by atoms with Gasteiger partial charge in [0, 0.05) is 5.02 Å². The molecule has 2 rings (SSSR count). The summed E-state index contributed by atoms with van der Waals surface area (Å²) in [5, 5.41) is 7.14. The van der Waals surface area contributed by atoms with Crippen molar-refractivity contribution in [3.63, 3.8) is 0 Å². The highest BCUT2D eigenvalue weighted by Crippen LogP contribution is 2.25. The Labute approximate surface area is 131 Å². The van der Waals surface area contributed by atoms with E-state index in [0.29, 0.717) is 5.02 Å². The summed E-state index contributed by atoms with van der Waals surface area (Å²) in [4.78, 5) is 12.5. The third-order valence-corrected chi connectivity index (χ3v) is 4.21. The Kier molecular flexibility index (Phi) is 6.31. The summed E-state index contributed by atoms with van der Waals surface area (Å²) >= 11 is 5.98. The number of benzene rings is 1. The summed E-state index contributed by atoms with van der Waals surface area (Å²) in [6.45, 7) is 4.97. The van der Waals surface area contributed by atoms with Gasteiger partial charge in [0.1, 0.15) is 0 Å². The summed E-state index contributed by atoms with van der Waals surface area (Å²) in [6.07, 6.45) is 2.80. The van der Waals surface area contributed by atoms with Gasteiger partial charge in [0.05, 0.1) is 11.6 Å². The molecule has 1 unspecified atom stereocenters. The Morgan fingerprint density at radius 3 is 2.85 bits per heavy atom. The summed E-state index contributed by atoms with van der Waals surface area (Å²) in [5.74, 6) is 0.0972. The number of carbonyl (C=O) groups is 1. The summed E-state index contributed by atoms with van der Waals surface area (Å²) in [7, 11) is 0. The molecular weight excluding hydrogens is 295 g/mol. The van der Waals surface area contributed by atoms with Gasteiger partial charge >= 0.3 is 0 Å². The summed E-state index contributed by atoms with van der Waals surface area (Å²) in [6, 6.07) is 7.59. The molecule has 1 heterocycles. The van der Waals surface area contributed by atoms with Crippen molar-refractivity contribution in [1.29, 1.82) is 0 Å². The maximum absolute atomic E-state index is 12.5. The molecule has 1 saturated heterocycles. The van der Waals surface area contributed by atoms with E-state index < -0.39 is 0 Å². The van der Waals surface area contributed by atoms with Crippen LogP contribution < -0.4 is 10.6 Å². The molecule has 0 radical (unpaired) electrons. The van der Waals surface area contributed by atoms with Crippen LogP contribution in [0.4, 0.5) is 0 Å². The number of rotatable bonds is 4. The van der Waals surface area contributed by atoms with Crippen molar-refractivity contribution >= 4 is 29.9 Å². The lowest BCUT2D eigenvalue weighted by molar-refractivity contribution is -0.128. The van der Waals surface area contributed by atoms with E-state index in [1.54, 1.807) is 0 Å². The zero-order valence-electron chi connectivity index (χ0n) is 11.9. The predicted molar refractivity (Wildman–Crippen MR) is 85.5 cm³/mol. The second-order valence-electron chi connectivity index (χ2n) is 5.22. The Morgan fingerprint density at radius 2 is 2.30 bits per heavy atom. The van der Waals surface area contributed by atoms with Crippen molar-refractivity contribution in [2.24, 2.45) is 0 Å². The van der Waals surface area contributed by atoms with Crippen LogP contribution in [0.15, 0.2) is 24.3 Å². The van der Waals surface area contributed by atoms with Gasteiger partial charge in [-0.3, -0.25) is 4.79 Å². The summed E-state index contributed by atoms with van der Waals surface area (Å²) < 4.78 is 0. The Balaban J connectivity index is 0.00000200. The molecule has 0 aromatic heterocycles. The van der Waals surface area contributed by atoms with E-state index in [4.69, 9.17) is 11.6 Å². The van der Waals surface area contributed by atoms with Crippen LogP contribution in [-0.4, -0.2) is 18.0 Å². The highest BCUT2D eigenvalue weighted by Gasteiger charge is 2.39. The molecule has 20 heavy (non-hydrogen) atoms. The fourth-order valence-electron chi connectivity index (χ4n) is 2.66. The van der Waals surface area contributed by atoms with Crippen LogP contribution in [0, 0.1) is 0 Å². The topological polar surface area (TPSA) is 41.1 Å². The second-order valence-corrected chi connectivity index (χ2v) is 5.65. The van der Waals surface area contributed by atoms with Gasteiger partial charge < -0.3 is 10.6 Å². The van der Waals surface area contributed by atoms with Gasteiger partial charge in [-0.05, 0) is 50.4 Å². The lowest BCUT2D eigenvalue weighted by Gasteiger charge is -2.28. The molecule has 1 aliphatic heterocycles. The van der Waals surface area contributed by atoms with Crippen LogP contribution in [-0.2, 0) is 4.79 Å². The minimum absolute atomic E-state index is 0. The number of halogens is 2. The first-order valence-electron chi connectivity index (χ1n) is 6.89. The molecule has 1 aromatic rings. The van der Waals surface area contributed by atoms with Crippen molar-refractivity contribution in [3.8, 4) is 0 Å². The van der Waals surface area contributed by atoms with Gasteiger partial charge in [-0.15, -0.1) is 12.4 Å². The minimum Gasteiger partial charge on any atom is -0.348 e. The zero-order valence-corrected chi connectivity index (χ0v) is 13.5. The van der Waals surface area contributed by atoms with E-state index in [1.807, 2.05) is 31.2 Å². The number of carbonyl (C=O) groups excluding carboxylic acids is 1. The molecule has 5 heteroatoms. The van der Waals surface area contributed by atoms with Crippen molar-refractivity contribution < 1.29 is 4.79 Å². The van der Waals surface area contributed by atoms with E-state index >= 15 is 0 Å². The highest BCUT2D eigenvalue weighted by atomic mass is 35.5. The molecule has 2 atom stereocenters. The number of hydrogen-bond donors (Lipinski definition) is 2. The molecule has 2 N–H and O–H groups in total. The lowest BCUT2D eigenvalue weighted by Crippen LogP contribution is -2.53. The molecule has 0 spiro atoms. The third kappa shape index (κ3) is 3.66. The average molecular weight is 317 g/mol. The average Bonchev–Trinajstić information content (AvgIpc) is 2.88. The van der Waals surface area contributed by atoms with E-state index in [-0.39, 0.29) is 29.9 Å². The normalized spacial score (nSPS) is 22.9. The molecule has 112 valence electrons. The van der Waals surface area contributed by atoms with Crippen LogP contribution in [0.2, 0.25) is 5.02 Å². The monoisotopic (exact) mass is 316 g/mol. The van der Waals surface area contributed by atoms with Gasteiger partial charge in [-0.25, -0.2) is 0 Å². The minimum atomic E-state index is -0.382. The largest absolute Gasteiger partial charge is 0.348 e. The molecule has 1 fully saturated rings. The fourth-order valence-corrected chi connectivity index (χ4v) is 2.86. The first-order chi connectivity index (χ1) is 9.07. The zero-order chi connectivity index (χ0) is 13.9. The third-order valence-electron chi connectivity index (χ3n) is 3.98. The number of nitrogens with one attached hydrogen (secondary N) is 2. The first-order valence-corrected chi connectivity index (χ1v) is 7.26. The SMILES string of the molecule is CCC1(C(=O)N[C@H](C)c2cccc(Cl)c2)CCCN1.Cl. The fraction of sp³-hybridized carbons (Fsp3) is 0.533. The number of hydrogen-bond acceptors (Lipinski definition) is 2. The molecule has 3 nitrogen and oxygen atoms in total. The van der Waals surface area contributed by atoms with Gasteiger partial charge in [0.2, 0.25) is 5.91 Å². The molecule has 1 aromatic carbocycles. The maximum Gasteiger partial charge on any atom is 0.240 e. The Bertz CT molecular complexity index is 459. The molecule has 1 aliphatic rings. The molecule has 1 amide bonds. The summed E-state index contributed by atoms with van der Waals surface area (Å²) in [5.41, 5.74) is 0.650. The number of amides is 1. The lowest BCUT2D eigenvalue weighted by atomic mass is 9.92. The molecular formula is C15H22Cl2N2O. The Hall–Kier alpha value is -0.770. The van der Waals surface area contributed by atoms with Crippen molar-refractivity contribution in [2.45, 2.75) is 44.7 Å². The van der Waals surface area contributed by atoms with Crippen LogP contribution in [0.3, 0.4) is 0 Å². The van der Waals surface area contributed by atoms with Crippen LogP contribution in [0.1, 0.15) is 44.7 Å². The highest BCUT2D eigenvalue weighted by molar-refractivity contribution is 6.30. The predicted octanol–water partition coefficient (Wildman–Crippen LogP) is 3.47. The smallest absolute Gasteiger partial charge is 0.240 e. The van der Waals surface area contributed by atoms with Gasteiger partial charge in [-0.2, -0.15) is 0 Å². The van der Waals surface area contributed by atoms with E-state index in [0.717, 1.165) is 31.4 Å². The van der Waals surface area contributed by atoms with Gasteiger partial charge in [0.25, 0.3) is 0 Å². The van der Waals surface area contributed by atoms with Crippen LogP contribution >= 0.6 is 24.0 Å². The first kappa shape index (κ1) is 17.3. The standard InChI is InChI=1S/C15H21ClN2O.ClH/c1-3-15(8-5-9-17-15)14(19)18-11(2)12-6-4-7-13(16)10-12;/h4,6-7,10-11,17H,3,5,8-9H2,1-2H3,(H,18,19);1H/t11-,15?;/m1./s1. The van der Waals surface area contributed by atoms with Crippen LogP contribution in [0.25, 0.3) is 0 Å². The molecule has 0 saturated carbocycles. The van der Waals surface area contributed by atoms with Gasteiger partial charge in [0.15, 0.2) is 0 Å². The quantitative estimate of drug-likeness (QED) is 0.893. The Morgan fingerprint density at radius 1 is 1.55 bits per heavy atom. The second kappa shape index (κ2) is 7.30. The van der Waals surface area contributed by atoms with Gasteiger partial charge in [-0.1, -0.05) is 30.7 Å². The van der Waals surface area contributed by atoms with E-state index in [2.05, 4.69) is 17.6 Å². The van der Waals surface area contributed by atoms with Crippen molar-refractivity contribution in [3.05, 3.63) is 34.9 Å². The molecule has 0 aliphatic carbocycles. The van der Waals surface area contributed by atoms with Crippen molar-refractivity contribution in [2.75, 3.05) is 6.54 Å². The molecule has 0 bridgehead atoms. The van der Waals surface area contributed by atoms with Crippen molar-refractivity contribution in [1.82, 2.24) is 10.6 Å². The van der Waals surface area contributed by atoms with E-state index in [1.165, 1.54) is 0 Å². The van der Waals surface area contributed by atoms with Crippen LogP contribution in [0.5, 0.6) is 0 Å². The van der Waals surface area contributed by atoms with E-state index in [9.17, 15) is 4.79 Å². The maximum atomic E-state index is 12.5.